The molecule has 196 valence electrons. The van der Waals surface area contributed by atoms with Crippen LogP contribution in [0, 0.1) is 0 Å². The van der Waals surface area contributed by atoms with Crippen LogP contribution in [-0.2, 0) is 9.53 Å². The summed E-state index contributed by atoms with van der Waals surface area (Å²) in [5, 5.41) is 0. The fourth-order valence-electron chi connectivity index (χ4n) is 4.52. The molecule has 0 aliphatic carbocycles. The first-order chi connectivity index (χ1) is 16.3. The molecule has 0 aromatic rings. The Balaban J connectivity index is 3.08. The van der Waals surface area contributed by atoms with Gasteiger partial charge in [-0.15, -0.1) is 0 Å². The summed E-state index contributed by atoms with van der Waals surface area (Å²) in [5.74, 6) is -0.0280. The van der Waals surface area contributed by atoms with E-state index in [1.165, 1.54) is 148 Å². The first-order valence-corrected chi connectivity index (χ1v) is 15.1. The summed E-state index contributed by atoms with van der Waals surface area (Å²) in [7, 11) is 0. The van der Waals surface area contributed by atoms with Crippen LogP contribution in [0.5, 0.6) is 0 Å². The zero-order chi connectivity index (χ0) is 24.1. The molecular formula is C31H60O2. The molecule has 0 radical (unpaired) electrons. The zero-order valence-electron chi connectivity index (χ0n) is 22.9. The molecule has 0 unspecified atom stereocenters. The smallest absolute Gasteiger partial charge is 0.305 e. The first kappa shape index (κ1) is 32.2. The third-order valence-electron chi connectivity index (χ3n) is 6.70. The molecule has 0 heterocycles. The van der Waals surface area contributed by atoms with E-state index in [2.05, 4.69) is 19.1 Å². The molecule has 33 heavy (non-hydrogen) atoms. The van der Waals surface area contributed by atoms with Gasteiger partial charge in [-0.2, -0.15) is 0 Å². The number of allylic oxidation sites excluding steroid dienone is 2. The Morgan fingerprint density at radius 1 is 0.485 bits per heavy atom. The van der Waals surface area contributed by atoms with Crippen LogP contribution < -0.4 is 0 Å². The van der Waals surface area contributed by atoms with E-state index in [-0.39, 0.29) is 5.97 Å². The Morgan fingerprint density at radius 3 is 1.18 bits per heavy atom. The zero-order valence-corrected chi connectivity index (χ0v) is 22.9. The van der Waals surface area contributed by atoms with Gasteiger partial charge in [0.2, 0.25) is 0 Å². The third kappa shape index (κ3) is 29.2. The van der Waals surface area contributed by atoms with Gasteiger partial charge in [0, 0.05) is 6.42 Å². The number of rotatable bonds is 27. The Hall–Kier alpha value is -0.790. The van der Waals surface area contributed by atoms with Crippen LogP contribution in [0.1, 0.15) is 174 Å². The number of carbonyl (C=O) groups excluding carboxylic acids is 1. The molecule has 0 amide bonds. The summed E-state index contributed by atoms with van der Waals surface area (Å²) >= 11 is 0. The Kier molecular flexibility index (Phi) is 28.5. The summed E-state index contributed by atoms with van der Waals surface area (Å²) in [6, 6.07) is 0. The van der Waals surface area contributed by atoms with Crippen molar-refractivity contribution in [1.82, 2.24) is 0 Å². The molecule has 0 aromatic heterocycles. The van der Waals surface area contributed by atoms with Gasteiger partial charge in [0.1, 0.15) is 0 Å². The number of ether oxygens (including phenoxy) is 1. The van der Waals surface area contributed by atoms with Crippen molar-refractivity contribution >= 4 is 5.97 Å². The van der Waals surface area contributed by atoms with E-state index in [0.717, 1.165) is 6.42 Å². The van der Waals surface area contributed by atoms with Crippen molar-refractivity contribution in [3.05, 3.63) is 12.2 Å². The van der Waals surface area contributed by atoms with E-state index in [9.17, 15) is 4.79 Å². The van der Waals surface area contributed by atoms with Gasteiger partial charge < -0.3 is 4.74 Å². The number of carbonyl (C=O) groups is 1. The van der Waals surface area contributed by atoms with E-state index in [1.807, 2.05) is 6.92 Å². The Morgan fingerprint density at radius 2 is 0.818 bits per heavy atom. The van der Waals surface area contributed by atoms with E-state index < -0.39 is 0 Å². The normalized spacial score (nSPS) is 11.5. The van der Waals surface area contributed by atoms with Gasteiger partial charge in [0.15, 0.2) is 0 Å². The van der Waals surface area contributed by atoms with Crippen molar-refractivity contribution in [1.29, 1.82) is 0 Å². The Labute approximate surface area is 208 Å². The minimum absolute atomic E-state index is 0.0280. The third-order valence-corrected chi connectivity index (χ3v) is 6.70. The second kappa shape index (κ2) is 29.2. The van der Waals surface area contributed by atoms with Gasteiger partial charge >= 0.3 is 5.97 Å². The SMILES string of the molecule is CCCCCCC=CCCCCCCCCCCCCCCCCCCCCC(=O)OCC. The molecule has 0 saturated heterocycles. The topological polar surface area (TPSA) is 26.3 Å². The van der Waals surface area contributed by atoms with Gasteiger partial charge in [-0.3, -0.25) is 4.79 Å². The molecule has 0 atom stereocenters. The molecule has 0 aromatic carbocycles. The molecule has 0 spiro atoms. The van der Waals surface area contributed by atoms with Crippen LogP contribution in [0.4, 0.5) is 0 Å². The molecule has 0 bridgehead atoms. The van der Waals surface area contributed by atoms with Gasteiger partial charge in [-0.1, -0.05) is 141 Å². The van der Waals surface area contributed by atoms with Gasteiger partial charge in [0.05, 0.1) is 6.61 Å². The monoisotopic (exact) mass is 464 g/mol. The molecule has 0 N–H and O–H groups in total. The molecule has 2 heteroatoms. The van der Waals surface area contributed by atoms with Crippen molar-refractivity contribution in [2.45, 2.75) is 174 Å². The van der Waals surface area contributed by atoms with Gasteiger partial charge in [-0.25, -0.2) is 0 Å². The molecule has 0 fully saturated rings. The fraction of sp³-hybridized carbons (Fsp3) is 0.903. The largest absolute Gasteiger partial charge is 0.466 e. The summed E-state index contributed by atoms with van der Waals surface area (Å²) in [4.78, 5) is 11.3. The second-order valence-corrected chi connectivity index (χ2v) is 10.0. The van der Waals surface area contributed by atoms with Crippen LogP contribution in [-0.4, -0.2) is 12.6 Å². The average molecular weight is 465 g/mol. The Bertz CT molecular complexity index is 402. The number of hydrogen-bond donors (Lipinski definition) is 0. The molecular weight excluding hydrogens is 404 g/mol. The van der Waals surface area contributed by atoms with Crippen molar-refractivity contribution in [2.24, 2.45) is 0 Å². The van der Waals surface area contributed by atoms with E-state index in [1.54, 1.807) is 0 Å². The quantitative estimate of drug-likeness (QED) is 0.0686. The van der Waals surface area contributed by atoms with Crippen LogP contribution in [0.3, 0.4) is 0 Å². The second-order valence-electron chi connectivity index (χ2n) is 10.0. The number of hydrogen-bond acceptors (Lipinski definition) is 2. The predicted octanol–water partition coefficient (Wildman–Crippen LogP) is 10.9. The summed E-state index contributed by atoms with van der Waals surface area (Å²) < 4.78 is 4.96. The van der Waals surface area contributed by atoms with Gasteiger partial charge in [-0.05, 0) is 39.0 Å². The van der Waals surface area contributed by atoms with Crippen LogP contribution in [0.25, 0.3) is 0 Å². The summed E-state index contributed by atoms with van der Waals surface area (Å²) in [6.07, 6.45) is 38.3. The van der Waals surface area contributed by atoms with Crippen molar-refractivity contribution in [2.75, 3.05) is 6.61 Å². The molecule has 0 saturated carbocycles. The van der Waals surface area contributed by atoms with Crippen LogP contribution >= 0.6 is 0 Å². The summed E-state index contributed by atoms with van der Waals surface area (Å²) in [5.41, 5.74) is 0. The highest BCUT2D eigenvalue weighted by molar-refractivity contribution is 5.69. The lowest BCUT2D eigenvalue weighted by atomic mass is 10.0. The lowest BCUT2D eigenvalue weighted by Gasteiger charge is -2.04. The molecule has 2 nitrogen and oxygen atoms in total. The van der Waals surface area contributed by atoms with Crippen molar-refractivity contribution in [3.63, 3.8) is 0 Å². The lowest BCUT2D eigenvalue weighted by Crippen LogP contribution is -2.03. The highest BCUT2D eigenvalue weighted by Crippen LogP contribution is 2.15. The van der Waals surface area contributed by atoms with Crippen molar-refractivity contribution in [3.8, 4) is 0 Å². The fourth-order valence-corrected chi connectivity index (χ4v) is 4.52. The van der Waals surface area contributed by atoms with Crippen molar-refractivity contribution < 1.29 is 9.53 Å². The first-order valence-electron chi connectivity index (χ1n) is 15.1. The minimum atomic E-state index is -0.0280. The van der Waals surface area contributed by atoms with Crippen LogP contribution in [0.2, 0.25) is 0 Å². The summed E-state index contributed by atoms with van der Waals surface area (Å²) in [6.45, 7) is 4.66. The number of unbranched alkanes of at least 4 members (excludes halogenated alkanes) is 22. The van der Waals surface area contributed by atoms with Crippen LogP contribution in [0.15, 0.2) is 12.2 Å². The van der Waals surface area contributed by atoms with E-state index in [4.69, 9.17) is 4.74 Å². The van der Waals surface area contributed by atoms with Gasteiger partial charge in [0.25, 0.3) is 0 Å². The lowest BCUT2D eigenvalue weighted by molar-refractivity contribution is -0.143. The maximum atomic E-state index is 11.3. The predicted molar refractivity (Wildman–Crippen MR) is 147 cm³/mol. The number of esters is 1. The molecule has 0 aliphatic heterocycles. The maximum Gasteiger partial charge on any atom is 0.305 e. The maximum absolute atomic E-state index is 11.3. The minimum Gasteiger partial charge on any atom is -0.466 e. The van der Waals surface area contributed by atoms with E-state index in [0.29, 0.717) is 13.0 Å². The average Bonchev–Trinajstić information content (AvgIpc) is 2.81. The highest BCUT2D eigenvalue weighted by Gasteiger charge is 2.00. The van der Waals surface area contributed by atoms with E-state index >= 15 is 0 Å². The molecule has 0 aliphatic rings. The standard InChI is InChI=1S/C31H60O2/c1-3-5-6-7-8-9-10-11-12-13-14-15-16-17-18-19-20-21-22-23-24-25-26-27-28-29-30-31(32)33-4-2/h9-10H,3-8,11-30H2,1-2H3. The highest BCUT2D eigenvalue weighted by atomic mass is 16.5. The molecule has 0 rings (SSSR count).